The molecule has 4 N–H and O–H groups in total. The molecule has 0 saturated carbocycles. The van der Waals surface area contributed by atoms with Gasteiger partial charge in [0, 0.05) is 23.0 Å². The molecule has 200 valence electrons. The smallest absolute Gasteiger partial charge is 0.361 e. The first-order valence-corrected chi connectivity index (χ1v) is 12.3. The highest BCUT2D eigenvalue weighted by Gasteiger charge is 2.28. The van der Waals surface area contributed by atoms with Gasteiger partial charge in [-0.25, -0.2) is 23.5 Å². The van der Waals surface area contributed by atoms with Crippen LogP contribution in [0.25, 0.3) is 11.3 Å². The molecule has 5 rings (SSSR count). The van der Waals surface area contributed by atoms with Crippen LogP contribution in [0.1, 0.15) is 41.0 Å². The highest BCUT2D eigenvalue weighted by molar-refractivity contribution is 5.99. The maximum atomic E-state index is 13.6. The number of hydrogen-bond acceptors (Lipinski definition) is 8. The molecule has 1 unspecified atom stereocenters. The van der Waals surface area contributed by atoms with Gasteiger partial charge in [0.2, 0.25) is 6.10 Å². The van der Waals surface area contributed by atoms with Crippen molar-refractivity contribution in [3.05, 3.63) is 90.0 Å². The first kappa shape index (κ1) is 25.9. The van der Waals surface area contributed by atoms with Gasteiger partial charge in [-0.3, -0.25) is 9.48 Å². The quantitative estimate of drug-likeness (QED) is 0.306. The Bertz CT molecular complexity index is 1470. The van der Waals surface area contributed by atoms with Crippen molar-refractivity contribution < 1.29 is 23.1 Å². The summed E-state index contributed by atoms with van der Waals surface area (Å²) < 4.78 is 34.2. The van der Waals surface area contributed by atoms with Crippen LogP contribution in [0, 0.1) is 11.6 Å². The number of anilines is 2. The van der Waals surface area contributed by atoms with Gasteiger partial charge in [-0.2, -0.15) is 5.10 Å². The van der Waals surface area contributed by atoms with E-state index in [0.29, 0.717) is 11.3 Å². The number of nitrogen functional groups attached to an aromatic ring is 1. The summed E-state index contributed by atoms with van der Waals surface area (Å²) >= 11 is 0. The molecule has 1 amide bonds. The van der Waals surface area contributed by atoms with E-state index in [9.17, 15) is 18.4 Å². The molecule has 1 aliphatic heterocycles. The van der Waals surface area contributed by atoms with E-state index in [2.05, 4.69) is 25.7 Å². The number of benzene rings is 2. The van der Waals surface area contributed by atoms with Gasteiger partial charge >= 0.3 is 5.97 Å². The van der Waals surface area contributed by atoms with Crippen LogP contribution in [0.5, 0.6) is 0 Å². The number of aromatic nitrogens is 4. The minimum absolute atomic E-state index is 0.189. The number of piperidine rings is 1. The number of nitrogens with two attached hydrogens (primary N) is 1. The molecule has 1 aliphatic rings. The maximum Gasteiger partial charge on any atom is 0.361 e. The van der Waals surface area contributed by atoms with Crippen molar-refractivity contribution in [3.63, 3.8) is 0 Å². The summed E-state index contributed by atoms with van der Waals surface area (Å²) in [5.41, 5.74) is 7.13. The molecule has 0 spiro atoms. The molecule has 12 heteroatoms. The molecule has 3 heterocycles. The van der Waals surface area contributed by atoms with E-state index in [4.69, 9.17) is 10.5 Å². The predicted octanol–water partition coefficient (Wildman–Crippen LogP) is 3.66. The number of halogens is 2. The second-order valence-corrected chi connectivity index (χ2v) is 9.01. The highest BCUT2D eigenvalue weighted by atomic mass is 19.1. The Labute approximate surface area is 222 Å². The molecule has 0 bridgehead atoms. The summed E-state index contributed by atoms with van der Waals surface area (Å²) in [4.78, 5) is 34.8. The molecule has 0 aliphatic carbocycles. The SMILES string of the molecule is Nc1ncc(-c2cnn(C3CCNCC3)c2)nc1C(=O)OC(C(=O)Nc1ccc(F)cc1)c1ccc(F)cc1. The van der Waals surface area contributed by atoms with E-state index in [-0.39, 0.29) is 28.8 Å². The summed E-state index contributed by atoms with van der Waals surface area (Å²) in [6, 6.07) is 10.2. The van der Waals surface area contributed by atoms with Crippen LogP contribution in [0.4, 0.5) is 20.3 Å². The largest absolute Gasteiger partial charge is 0.442 e. The second-order valence-electron chi connectivity index (χ2n) is 9.01. The van der Waals surface area contributed by atoms with Gasteiger partial charge in [0.05, 0.1) is 24.1 Å². The lowest BCUT2D eigenvalue weighted by Gasteiger charge is -2.22. The van der Waals surface area contributed by atoms with Crippen molar-refractivity contribution >= 4 is 23.4 Å². The summed E-state index contributed by atoms with van der Waals surface area (Å²) in [5, 5.41) is 10.3. The topological polar surface area (TPSA) is 137 Å². The first-order valence-electron chi connectivity index (χ1n) is 12.3. The number of ether oxygens (including phenoxy) is 1. The Morgan fingerprint density at radius 2 is 1.69 bits per heavy atom. The Morgan fingerprint density at radius 3 is 2.38 bits per heavy atom. The molecule has 39 heavy (non-hydrogen) atoms. The Kier molecular flexibility index (Phi) is 7.55. The van der Waals surface area contributed by atoms with E-state index < -0.39 is 29.6 Å². The highest BCUT2D eigenvalue weighted by Crippen LogP contribution is 2.26. The minimum atomic E-state index is -1.49. The fraction of sp³-hybridized carbons (Fsp3) is 0.222. The van der Waals surface area contributed by atoms with Crippen molar-refractivity contribution in [2.45, 2.75) is 25.0 Å². The Balaban J connectivity index is 1.39. The number of esters is 1. The summed E-state index contributed by atoms with van der Waals surface area (Å²) in [6.07, 6.45) is 5.29. The fourth-order valence-electron chi connectivity index (χ4n) is 4.24. The van der Waals surface area contributed by atoms with E-state index in [1.807, 2.05) is 10.9 Å². The monoisotopic (exact) mass is 533 g/mol. The number of rotatable bonds is 7. The average Bonchev–Trinajstić information content (AvgIpc) is 3.45. The number of carbonyl (C=O) groups excluding carboxylic acids is 2. The fourth-order valence-corrected chi connectivity index (χ4v) is 4.24. The van der Waals surface area contributed by atoms with Crippen LogP contribution in [-0.2, 0) is 9.53 Å². The predicted molar refractivity (Wildman–Crippen MR) is 138 cm³/mol. The second kappa shape index (κ2) is 11.4. The van der Waals surface area contributed by atoms with E-state index in [1.54, 1.807) is 6.20 Å². The van der Waals surface area contributed by atoms with Crippen LogP contribution in [0.15, 0.2) is 67.1 Å². The minimum Gasteiger partial charge on any atom is -0.442 e. The number of amides is 1. The zero-order valence-electron chi connectivity index (χ0n) is 20.7. The summed E-state index contributed by atoms with van der Waals surface area (Å²) in [7, 11) is 0. The van der Waals surface area contributed by atoms with Crippen LogP contribution in [-0.4, -0.2) is 44.7 Å². The third kappa shape index (κ3) is 6.07. The molecule has 1 fully saturated rings. The molecule has 1 atom stereocenters. The van der Waals surface area contributed by atoms with E-state index >= 15 is 0 Å². The summed E-state index contributed by atoms with van der Waals surface area (Å²) in [5.74, 6) is -2.95. The molecular formula is C27H25F2N7O3. The Hall–Kier alpha value is -4.71. The number of nitrogens with zero attached hydrogens (tertiary/aromatic N) is 4. The number of nitrogens with one attached hydrogen (secondary N) is 2. The first-order chi connectivity index (χ1) is 18.9. The lowest BCUT2D eigenvalue weighted by atomic mass is 10.1. The van der Waals surface area contributed by atoms with Crippen molar-refractivity contribution in [1.82, 2.24) is 25.1 Å². The van der Waals surface area contributed by atoms with Crippen LogP contribution < -0.4 is 16.4 Å². The third-order valence-electron chi connectivity index (χ3n) is 6.32. The van der Waals surface area contributed by atoms with Gasteiger partial charge in [0.1, 0.15) is 11.6 Å². The zero-order chi connectivity index (χ0) is 27.4. The van der Waals surface area contributed by atoms with Gasteiger partial charge < -0.3 is 21.1 Å². The average molecular weight is 534 g/mol. The van der Waals surface area contributed by atoms with Crippen molar-refractivity contribution in [2.75, 3.05) is 24.1 Å². The molecular weight excluding hydrogens is 508 g/mol. The van der Waals surface area contributed by atoms with Crippen molar-refractivity contribution in [1.29, 1.82) is 0 Å². The van der Waals surface area contributed by atoms with Gasteiger partial charge in [-0.05, 0) is 62.3 Å². The van der Waals surface area contributed by atoms with Crippen LogP contribution in [0.3, 0.4) is 0 Å². The molecule has 0 radical (unpaired) electrons. The van der Waals surface area contributed by atoms with Gasteiger partial charge in [-0.1, -0.05) is 12.1 Å². The standard InChI is InChI=1S/C27H25F2N7O3/c28-18-3-1-16(2-4-18)24(26(37)34-20-7-5-19(29)6-8-20)39-27(38)23-25(30)32-14-22(35-23)17-13-33-36(15-17)21-9-11-31-12-10-21/h1-8,13-15,21,24,31H,9-12H2,(H2,30,32)(H,34,37). The van der Waals surface area contributed by atoms with Crippen LogP contribution in [0.2, 0.25) is 0 Å². The zero-order valence-corrected chi connectivity index (χ0v) is 20.7. The maximum absolute atomic E-state index is 13.6. The normalized spacial score (nSPS) is 14.5. The van der Waals surface area contributed by atoms with E-state index in [0.717, 1.165) is 38.1 Å². The van der Waals surface area contributed by atoms with Crippen LogP contribution >= 0.6 is 0 Å². The molecule has 2 aromatic heterocycles. The molecule has 4 aromatic rings. The van der Waals surface area contributed by atoms with Gasteiger partial charge in [0.15, 0.2) is 11.5 Å². The van der Waals surface area contributed by atoms with Crippen molar-refractivity contribution in [3.8, 4) is 11.3 Å². The lowest BCUT2D eigenvalue weighted by Crippen LogP contribution is -2.29. The number of hydrogen-bond donors (Lipinski definition) is 3. The number of carbonyl (C=O) groups is 2. The van der Waals surface area contributed by atoms with Gasteiger partial charge in [-0.15, -0.1) is 0 Å². The lowest BCUT2D eigenvalue weighted by molar-refractivity contribution is -0.125. The summed E-state index contributed by atoms with van der Waals surface area (Å²) in [6.45, 7) is 1.81. The molecule has 10 nitrogen and oxygen atoms in total. The van der Waals surface area contributed by atoms with Gasteiger partial charge in [0.25, 0.3) is 5.91 Å². The van der Waals surface area contributed by atoms with E-state index in [1.165, 1.54) is 42.6 Å². The molecule has 1 saturated heterocycles. The van der Waals surface area contributed by atoms with Crippen molar-refractivity contribution in [2.24, 2.45) is 0 Å². The third-order valence-corrected chi connectivity index (χ3v) is 6.32. The Morgan fingerprint density at radius 1 is 1.03 bits per heavy atom. The molecule has 2 aromatic carbocycles.